The number of ether oxygens (including phenoxy) is 2. The van der Waals surface area contributed by atoms with Crippen LogP contribution in [0.2, 0.25) is 0 Å². The van der Waals surface area contributed by atoms with Crippen LogP contribution in [0.1, 0.15) is 12.5 Å². The molecule has 46 heavy (non-hydrogen) atoms. The molecule has 7 rings (SSSR count). The average Bonchev–Trinajstić information content (AvgIpc) is 3.72. The van der Waals surface area contributed by atoms with Gasteiger partial charge in [-0.2, -0.15) is 15.0 Å². The number of H-pyrrole nitrogens is 1. The van der Waals surface area contributed by atoms with Gasteiger partial charge in [0, 0.05) is 5.92 Å². The van der Waals surface area contributed by atoms with E-state index in [-0.39, 0.29) is 40.0 Å². The van der Waals surface area contributed by atoms with Gasteiger partial charge in [-0.25, -0.2) is 14.5 Å². The van der Waals surface area contributed by atoms with Gasteiger partial charge in [-0.15, -0.1) is 0 Å². The lowest BCUT2D eigenvalue weighted by Gasteiger charge is -2.25. The van der Waals surface area contributed by atoms with Crippen LogP contribution < -0.4 is 22.8 Å². The quantitative estimate of drug-likeness (QED) is 0.101. The lowest BCUT2D eigenvalue weighted by atomic mass is 10.0. The van der Waals surface area contributed by atoms with Crippen LogP contribution in [0.4, 0.5) is 17.7 Å². The lowest BCUT2D eigenvalue weighted by Crippen LogP contribution is -2.36. The molecule has 11 N–H and O–H groups in total. The van der Waals surface area contributed by atoms with Gasteiger partial charge in [0.05, 0.1) is 38.1 Å². The molecule has 7 heterocycles. The minimum absolute atomic E-state index is 0.0547. The van der Waals surface area contributed by atoms with Crippen LogP contribution in [0, 0.1) is 5.92 Å². The Morgan fingerprint density at radius 2 is 1.52 bits per heavy atom. The fourth-order valence-corrected chi connectivity index (χ4v) is 8.14. The van der Waals surface area contributed by atoms with Crippen molar-refractivity contribution in [3.63, 3.8) is 0 Å². The van der Waals surface area contributed by atoms with Gasteiger partial charge in [0.15, 0.2) is 28.9 Å². The summed E-state index contributed by atoms with van der Waals surface area (Å²) in [5, 5.41) is 22.3. The summed E-state index contributed by atoms with van der Waals surface area (Å²) in [6.07, 6.45) is -8.73. The average molecular weight is 687 g/mol. The molecule has 0 aliphatic carbocycles. The Morgan fingerprint density at radius 3 is 2.28 bits per heavy atom. The lowest BCUT2D eigenvalue weighted by molar-refractivity contribution is -0.0558. The Morgan fingerprint density at radius 1 is 0.870 bits per heavy atom. The number of nitrogen functional groups attached to an aromatic ring is 3. The number of aromatic nitrogens is 8. The van der Waals surface area contributed by atoms with Crippen LogP contribution in [0.15, 0.2) is 17.4 Å². The molecule has 0 amide bonds. The largest absolute Gasteiger partial charge is 0.472 e. The molecule has 2 unspecified atom stereocenters. The zero-order valence-electron chi connectivity index (χ0n) is 23.2. The van der Waals surface area contributed by atoms with E-state index in [1.54, 1.807) is 0 Å². The summed E-state index contributed by atoms with van der Waals surface area (Å²) in [5.41, 5.74) is 16.6. The van der Waals surface area contributed by atoms with Crippen molar-refractivity contribution in [2.24, 2.45) is 5.92 Å². The summed E-state index contributed by atoms with van der Waals surface area (Å²) in [6.45, 7) is -1.49. The summed E-state index contributed by atoms with van der Waals surface area (Å²) in [6, 6.07) is 0. The smallest absolute Gasteiger partial charge is 0.390 e. The Bertz CT molecular complexity index is 1990. The zero-order valence-corrected chi connectivity index (χ0v) is 25.0. The van der Waals surface area contributed by atoms with Crippen molar-refractivity contribution in [1.29, 1.82) is 0 Å². The molecule has 4 aromatic heterocycles. The highest BCUT2D eigenvalue weighted by molar-refractivity contribution is 7.52. The molecular weight excluding hydrogens is 660 g/mol. The predicted octanol–water partition coefficient (Wildman–Crippen LogP) is -2.44. The van der Waals surface area contributed by atoms with E-state index >= 15 is 0 Å². The molecule has 2 bridgehead atoms. The first-order valence-electron chi connectivity index (χ1n) is 13.5. The molecule has 0 spiro atoms. The highest BCUT2D eigenvalue weighted by Gasteiger charge is 2.53. The number of nitrogens with two attached hydrogens (primary N) is 3. The van der Waals surface area contributed by atoms with E-state index in [0.29, 0.717) is 0 Å². The van der Waals surface area contributed by atoms with Crippen molar-refractivity contribution in [3.05, 3.63) is 23.0 Å². The molecule has 3 aliphatic heterocycles. The first-order chi connectivity index (χ1) is 21.7. The van der Waals surface area contributed by atoms with Gasteiger partial charge < -0.3 is 51.2 Å². The van der Waals surface area contributed by atoms with E-state index in [0.717, 1.165) is 6.33 Å². The number of phosphoric acid groups is 1. The highest BCUT2D eigenvalue weighted by Crippen LogP contribution is 2.54. The van der Waals surface area contributed by atoms with Crippen molar-refractivity contribution in [1.82, 2.24) is 39.0 Å². The third-order valence-corrected chi connectivity index (χ3v) is 10.2. The summed E-state index contributed by atoms with van der Waals surface area (Å²) in [5.74, 6) is -1.74. The highest BCUT2D eigenvalue weighted by atomic mass is 31.2. The van der Waals surface area contributed by atoms with Crippen molar-refractivity contribution in [3.8, 4) is 0 Å². The molecular formula is C21H27N11O12P2. The molecule has 3 aliphatic rings. The van der Waals surface area contributed by atoms with E-state index in [1.165, 1.54) is 15.5 Å². The van der Waals surface area contributed by atoms with Gasteiger partial charge in [0.2, 0.25) is 11.9 Å². The second kappa shape index (κ2) is 11.0. The first-order valence-corrected chi connectivity index (χ1v) is 16.7. The van der Waals surface area contributed by atoms with Gasteiger partial charge in [0.1, 0.15) is 36.2 Å². The van der Waals surface area contributed by atoms with Crippen LogP contribution >= 0.6 is 15.4 Å². The van der Waals surface area contributed by atoms with Crippen LogP contribution in [0.3, 0.4) is 0 Å². The summed E-state index contributed by atoms with van der Waals surface area (Å²) < 4.78 is 56.6. The second-order valence-corrected chi connectivity index (χ2v) is 14.1. The molecule has 0 radical (unpaired) electrons. The minimum atomic E-state index is -5.05. The number of aromatic amines is 1. The normalized spacial score (nSPS) is 37.1. The van der Waals surface area contributed by atoms with Crippen LogP contribution in [0.5, 0.6) is 0 Å². The molecule has 25 heteroatoms. The number of phosphoric ester groups is 1. The second-order valence-electron chi connectivity index (χ2n) is 10.8. The molecule has 4 aromatic rings. The van der Waals surface area contributed by atoms with Crippen LogP contribution in [0.25, 0.3) is 22.3 Å². The van der Waals surface area contributed by atoms with E-state index in [4.69, 9.17) is 40.2 Å². The number of hydrogen-bond acceptors (Lipinski definition) is 18. The van der Waals surface area contributed by atoms with Crippen molar-refractivity contribution in [2.45, 2.75) is 43.0 Å². The van der Waals surface area contributed by atoms with E-state index in [9.17, 15) is 33.9 Å². The Kier molecular flexibility index (Phi) is 7.41. The summed E-state index contributed by atoms with van der Waals surface area (Å²) >= 11 is 0. The predicted molar refractivity (Wildman–Crippen MR) is 151 cm³/mol. The molecule has 0 aromatic carbocycles. The van der Waals surface area contributed by atoms with Crippen molar-refractivity contribution < 1.29 is 52.2 Å². The number of nitrogens with one attached hydrogen (secondary N) is 1. The van der Waals surface area contributed by atoms with Gasteiger partial charge in [-0.3, -0.25) is 32.5 Å². The fourth-order valence-electron chi connectivity index (χ4n) is 5.76. The number of rotatable bonds is 2. The third kappa shape index (κ3) is 5.34. The molecule has 3 fully saturated rings. The van der Waals surface area contributed by atoms with Crippen molar-refractivity contribution >= 4 is 55.5 Å². The number of hydrogen-bond donors (Lipinski definition) is 8. The topological polar surface area (TPSA) is 346 Å². The van der Waals surface area contributed by atoms with Gasteiger partial charge in [-0.05, 0) is 0 Å². The molecule has 10 atom stereocenters. The molecule has 3 saturated heterocycles. The zero-order chi connectivity index (χ0) is 32.7. The third-order valence-electron chi connectivity index (χ3n) is 7.81. The van der Waals surface area contributed by atoms with Gasteiger partial charge in [-0.1, -0.05) is 0 Å². The Labute approximate surface area is 255 Å². The van der Waals surface area contributed by atoms with E-state index in [2.05, 4.69) is 29.9 Å². The maximum Gasteiger partial charge on any atom is 0.472 e. The Hall–Kier alpha value is -3.60. The maximum absolute atomic E-state index is 13.4. The molecule has 23 nitrogen and oxygen atoms in total. The molecule has 248 valence electrons. The Balaban J connectivity index is 1.21. The van der Waals surface area contributed by atoms with Gasteiger partial charge in [0.25, 0.3) is 5.56 Å². The standard InChI is InChI=1S/C21H27N11O12P2/c22-14-9-15(28-20(23)27-14)32(4-25-9)19-12(34)13-8(43-19)2-40-45(36,37)3-6-11(33)7(1-41-46(38,39)44-13)42-18(6)31-5-26-10-16(31)29-21(24)30-17(10)35/h4-8,11-13,18-19,33-34H,1-3H2,(H,36,37)(H,38,39)(H4,22,23,27,28)(H3,24,29,30,35)/t6-,7-,8-,11+,12-,13-,18-,19-/m1/s1. The maximum atomic E-state index is 13.4. The number of nitrogens with zero attached hydrogens (tertiary/aromatic N) is 7. The number of aliphatic hydroxyl groups excluding tert-OH is 2. The van der Waals surface area contributed by atoms with E-state index < -0.39 is 89.2 Å². The van der Waals surface area contributed by atoms with Crippen molar-refractivity contribution in [2.75, 3.05) is 36.6 Å². The van der Waals surface area contributed by atoms with E-state index in [1.807, 2.05) is 0 Å². The summed E-state index contributed by atoms with van der Waals surface area (Å²) in [7, 11) is -9.69. The van der Waals surface area contributed by atoms with Crippen LogP contribution in [-0.4, -0.2) is 109 Å². The minimum Gasteiger partial charge on any atom is -0.390 e. The van der Waals surface area contributed by atoms with Crippen LogP contribution in [-0.2, 0) is 32.2 Å². The SMILES string of the molecule is Nc1nc(N)c2ncn([C@@H]3O[C@@H]4COP(=O)(O)C[C@@H]5[C@H](O)[C@@H](COP(=O)(O)O[C@H]4[C@H]3O)O[C@H]5n3cnc4c(=O)[nH]c(N)nc43)c2n1. The summed E-state index contributed by atoms with van der Waals surface area (Å²) in [4.78, 5) is 56.2. The van der Waals surface area contributed by atoms with Gasteiger partial charge >= 0.3 is 15.4 Å². The fraction of sp³-hybridized carbons (Fsp3) is 0.524. The monoisotopic (exact) mass is 687 g/mol. The number of anilines is 3. The number of aliphatic hydroxyl groups is 2. The molecule has 0 saturated carbocycles. The number of imidazole rings is 2. The number of fused-ring (bicyclic) bond motifs is 5. The first kappa shape index (κ1) is 31.0.